The predicted octanol–water partition coefficient (Wildman–Crippen LogP) is 2.43. The van der Waals surface area contributed by atoms with Gasteiger partial charge in [0.1, 0.15) is 5.52 Å². The normalized spacial score (nSPS) is 11.2. The average Bonchev–Trinajstić information content (AvgIpc) is 2.88. The third-order valence-corrected chi connectivity index (χ3v) is 4.09. The number of H-pyrrole nitrogens is 1. The fraction of sp³-hybridized carbons (Fsp3) is 0.333. The number of fused-ring (bicyclic) bond motifs is 3. The summed E-state index contributed by atoms with van der Waals surface area (Å²) in [6.07, 6.45) is 0.925. The summed E-state index contributed by atoms with van der Waals surface area (Å²) in [4.78, 5) is 19.3. The molecule has 2 heterocycles. The SMILES string of the molecule is CCCNC(=O)CSc1nnc2c(n1)[nH]c1ccc(C)cc12. The molecule has 0 spiro atoms. The molecule has 1 amide bonds. The van der Waals surface area contributed by atoms with Gasteiger partial charge in [0.25, 0.3) is 0 Å². The van der Waals surface area contributed by atoms with Crippen molar-refractivity contribution in [3.63, 3.8) is 0 Å². The number of thioether (sulfide) groups is 1. The zero-order chi connectivity index (χ0) is 15.5. The molecule has 1 aromatic carbocycles. The number of hydrogen-bond acceptors (Lipinski definition) is 5. The number of benzene rings is 1. The lowest BCUT2D eigenvalue weighted by Gasteiger charge is -2.01. The van der Waals surface area contributed by atoms with Gasteiger partial charge in [0, 0.05) is 17.4 Å². The fourth-order valence-electron chi connectivity index (χ4n) is 2.18. The Labute approximate surface area is 132 Å². The van der Waals surface area contributed by atoms with Crippen molar-refractivity contribution in [3.05, 3.63) is 23.8 Å². The molecule has 2 aromatic heterocycles. The molecule has 22 heavy (non-hydrogen) atoms. The monoisotopic (exact) mass is 315 g/mol. The smallest absolute Gasteiger partial charge is 0.230 e. The molecule has 6 nitrogen and oxygen atoms in total. The Morgan fingerprint density at radius 2 is 2.23 bits per heavy atom. The Kier molecular flexibility index (Phi) is 4.24. The van der Waals surface area contributed by atoms with Crippen LogP contribution in [0.4, 0.5) is 0 Å². The molecule has 0 radical (unpaired) electrons. The van der Waals surface area contributed by atoms with E-state index < -0.39 is 0 Å². The lowest BCUT2D eigenvalue weighted by molar-refractivity contribution is -0.118. The van der Waals surface area contributed by atoms with Crippen LogP contribution >= 0.6 is 11.8 Å². The molecular formula is C15H17N5OS. The number of nitrogens with zero attached hydrogens (tertiary/aromatic N) is 3. The van der Waals surface area contributed by atoms with E-state index in [9.17, 15) is 4.79 Å². The molecule has 7 heteroatoms. The number of hydrogen-bond donors (Lipinski definition) is 2. The topological polar surface area (TPSA) is 83.6 Å². The maximum absolute atomic E-state index is 11.6. The summed E-state index contributed by atoms with van der Waals surface area (Å²) in [6, 6.07) is 6.12. The quantitative estimate of drug-likeness (QED) is 0.707. The zero-order valence-corrected chi connectivity index (χ0v) is 13.3. The Bertz CT molecular complexity index is 829. The lowest BCUT2D eigenvalue weighted by Crippen LogP contribution is -2.25. The van der Waals surface area contributed by atoms with Crippen LogP contribution < -0.4 is 5.32 Å². The van der Waals surface area contributed by atoms with Crippen LogP contribution in [0.3, 0.4) is 0 Å². The van der Waals surface area contributed by atoms with Crippen LogP contribution in [0.2, 0.25) is 0 Å². The van der Waals surface area contributed by atoms with Gasteiger partial charge in [0.2, 0.25) is 11.1 Å². The molecule has 0 unspecified atom stereocenters. The van der Waals surface area contributed by atoms with Crippen molar-refractivity contribution >= 4 is 39.7 Å². The maximum atomic E-state index is 11.6. The molecular weight excluding hydrogens is 298 g/mol. The van der Waals surface area contributed by atoms with Crippen LogP contribution in [-0.4, -0.2) is 38.4 Å². The number of aromatic amines is 1. The summed E-state index contributed by atoms with van der Waals surface area (Å²) in [5, 5.41) is 12.7. The van der Waals surface area contributed by atoms with E-state index in [2.05, 4.69) is 31.5 Å². The van der Waals surface area contributed by atoms with Gasteiger partial charge in [0.15, 0.2) is 5.65 Å². The van der Waals surface area contributed by atoms with Gasteiger partial charge < -0.3 is 10.3 Å². The van der Waals surface area contributed by atoms with Crippen LogP contribution in [0.15, 0.2) is 23.4 Å². The van der Waals surface area contributed by atoms with Crippen LogP contribution in [0.1, 0.15) is 18.9 Å². The summed E-state index contributed by atoms with van der Waals surface area (Å²) in [6.45, 7) is 4.75. The van der Waals surface area contributed by atoms with Crippen molar-refractivity contribution in [1.82, 2.24) is 25.5 Å². The molecule has 0 aliphatic heterocycles. The molecule has 3 rings (SSSR count). The molecule has 0 saturated carbocycles. The van der Waals surface area contributed by atoms with Crippen molar-refractivity contribution in [2.24, 2.45) is 0 Å². The van der Waals surface area contributed by atoms with Crippen molar-refractivity contribution in [3.8, 4) is 0 Å². The van der Waals surface area contributed by atoms with E-state index in [0.29, 0.717) is 23.1 Å². The Hall–Kier alpha value is -2.15. The van der Waals surface area contributed by atoms with E-state index in [1.165, 1.54) is 17.3 Å². The van der Waals surface area contributed by atoms with Crippen molar-refractivity contribution in [2.75, 3.05) is 12.3 Å². The van der Waals surface area contributed by atoms with Gasteiger partial charge in [-0.05, 0) is 25.5 Å². The molecule has 0 bridgehead atoms. The number of nitrogens with one attached hydrogen (secondary N) is 2. The summed E-state index contributed by atoms with van der Waals surface area (Å²) >= 11 is 1.29. The molecule has 3 aromatic rings. The molecule has 0 fully saturated rings. The Balaban J connectivity index is 1.81. The van der Waals surface area contributed by atoms with Gasteiger partial charge in [-0.15, -0.1) is 10.2 Å². The summed E-state index contributed by atoms with van der Waals surface area (Å²) in [5.74, 6) is 0.287. The highest BCUT2D eigenvalue weighted by Crippen LogP contribution is 2.24. The van der Waals surface area contributed by atoms with Crippen LogP contribution in [0.5, 0.6) is 0 Å². The highest BCUT2D eigenvalue weighted by atomic mass is 32.2. The third kappa shape index (κ3) is 3.04. The summed E-state index contributed by atoms with van der Waals surface area (Å²) < 4.78 is 0. The number of aryl methyl sites for hydroxylation is 1. The molecule has 114 valence electrons. The first-order chi connectivity index (χ1) is 10.7. The minimum absolute atomic E-state index is 0.0113. The lowest BCUT2D eigenvalue weighted by atomic mass is 10.2. The second-order valence-corrected chi connectivity index (χ2v) is 6.05. The third-order valence-electron chi connectivity index (χ3n) is 3.26. The minimum Gasteiger partial charge on any atom is -0.355 e. The molecule has 0 aliphatic carbocycles. The second-order valence-electron chi connectivity index (χ2n) is 5.10. The van der Waals surface area contributed by atoms with Crippen LogP contribution in [0, 0.1) is 6.92 Å². The van der Waals surface area contributed by atoms with E-state index in [1.54, 1.807) is 0 Å². The predicted molar refractivity (Wildman–Crippen MR) is 88.0 cm³/mol. The molecule has 0 saturated heterocycles. The highest BCUT2D eigenvalue weighted by molar-refractivity contribution is 7.99. The van der Waals surface area contributed by atoms with E-state index in [4.69, 9.17) is 0 Å². The van der Waals surface area contributed by atoms with Crippen LogP contribution in [-0.2, 0) is 4.79 Å². The van der Waals surface area contributed by atoms with Crippen molar-refractivity contribution in [2.45, 2.75) is 25.4 Å². The van der Waals surface area contributed by atoms with Gasteiger partial charge >= 0.3 is 0 Å². The van der Waals surface area contributed by atoms with Crippen LogP contribution in [0.25, 0.3) is 22.1 Å². The highest BCUT2D eigenvalue weighted by Gasteiger charge is 2.10. The number of rotatable bonds is 5. The standard InChI is InChI=1S/C15H17N5OS/c1-3-6-16-12(21)8-22-15-18-14-13(19-20-15)10-7-9(2)4-5-11(10)17-14/h4-5,7H,3,6,8H2,1-2H3,(H,16,21)(H,17,18,20). The maximum Gasteiger partial charge on any atom is 0.230 e. The van der Waals surface area contributed by atoms with Crippen molar-refractivity contribution in [1.29, 1.82) is 0 Å². The van der Waals surface area contributed by atoms with Gasteiger partial charge in [-0.2, -0.15) is 0 Å². The largest absolute Gasteiger partial charge is 0.355 e. The number of carbonyl (C=O) groups excluding carboxylic acids is 1. The number of amides is 1. The van der Waals surface area contributed by atoms with Gasteiger partial charge in [0.05, 0.1) is 5.75 Å². The van der Waals surface area contributed by atoms with Crippen molar-refractivity contribution < 1.29 is 4.79 Å². The fourth-order valence-corrected chi connectivity index (χ4v) is 2.79. The molecule has 2 N–H and O–H groups in total. The van der Waals surface area contributed by atoms with E-state index >= 15 is 0 Å². The summed E-state index contributed by atoms with van der Waals surface area (Å²) in [7, 11) is 0. The Morgan fingerprint density at radius 3 is 3.05 bits per heavy atom. The van der Waals surface area contributed by atoms with Gasteiger partial charge in [-0.3, -0.25) is 4.79 Å². The van der Waals surface area contributed by atoms with Gasteiger partial charge in [-0.1, -0.05) is 30.3 Å². The van der Waals surface area contributed by atoms with E-state index in [1.807, 2.05) is 26.0 Å². The zero-order valence-electron chi connectivity index (χ0n) is 12.5. The minimum atomic E-state index is -0.0113. The first-order valence-electron chi connectivity index (χ1n) is 7.19. The number of aromatic nitrogens is 4. The average molecular weight is 315 g/mol. The first kappa shape index (κ1) is 14.8. The second kappa shape index (κ2) is 6.31. The molecule has 0 atom stereocenters. The Morgan fingerprint density at radius 1 is 1.36 bits per heavy atom. The summed E-state index contributed by atoms with van der Waals surface area (Å²) in [5.41, 5.74) is 3.62. The first-order valence-corrected chi connectivity index (χ1v) is 8.18. The number of carbonyl (C=O) groups is 1. The van der Waals surface area contributed by atoms with Gasteiger partial charge in [-0.25, -0.2) is 4.98 Å². The van der Waals surface area contributed by atoms with E-state index in [-0.39, 0.29) is 5.91 Å². The van der Waals surface area contributed by atoms with E-state index in [0.717, 1.165) is 22.8 Å². The molecule has 0 aliphatic rings.